The van der Waals surface area contributed by atoms with Crippen molar-refractivity contribution in [2.24, 2.45) is 23.7 Å². The lowest BCUT2D eigenvalue weighted by molar-refractivity contribution is -0.318. The molecule has 3 saturated heterocycles. The molecule has 0 aliphatic carbocycles. The van der Waals surface area contributed by atoms with Gasteiger partial charge >= 0.3 is 16.4 Å². The van der Waals surface area contributed by atoms with Crippen LogP contribution >= 0.6 is 0 Å². The molecule has 0 spiro atoms. The lowest BCUT2D eigenvalue weighted by Gasteiger charge is -2.49. The summed E-state index contributed by atoms with van der Waals surface area (Å²) in [6.45, 7) is 18.6. The molecule has 0 radical (unpaired) electrons. The Bertz CT molecular complexity index is 1600. The number of nitrogens with zero attached hydrogens (tertiary/aromatic N) is 1. The van der Waals surface area contributed by atoms with Crippen LogP contribution in [0, 0.1) is 23.7 Å². The highest BCUT2D eigenvalue weighted by atomic mass is 32.3. The van der Waals surface area contributed by atoms with E-state index in [9.17, 15) is 43.5 Å². The Kier molecular flexibility index (Phi) is 25.9. The van der Waals surface area contributed by atoms with Crippen molar-refractivity contribution in [3.05, 3.63) is 0 Å². The van der Waals surface area contributed by atoms with Crippen molar-refractivity contribution in [3.63, 3.8) is 0 Å². The number of ketones is 1. The number of unbranched alkanes of at least 4 members (excludes halogenated alkanes) is 9. The van der Waals surface area contributed by atoms with Crippen molar-refractivity contribution < 1.29 is 80.7 Å². The lowest BCUT2D eigenvalue weighted by atomic mass is 9.74. The van der Waals surface area contributed by atoms with E-state index < -0.39 is 118 Å². The van der Waals surface area contributed by atoms with Crippen LogP contribution in [0.2, 0.25) is 0 Å². The molecule has 2 unspecified atom stereocenters. The summed E-state index contributed by atoms with van der Waals surface area (Å²) in [5.74, 6) is -4.98. The van der Waals surface area contributed by atoms with Crippen molar-refractivity contribution in [2.75, 3.05) is 27.8 Å². The quantitative estimate of drug-likeness (QED) is 0.0530. The predicted octanol–water partition coefficient (Wildman–Crippen LogP) is 5.51. The van der Waals surface area contributed by atoms with Gasteiger partial charge in [-0.25, -0.2) is 4.18 Å². The van der Waals surface area contributed by atoms with Gasteiger partial charge < -0.3 is 58.9 Å². The first-order valence-corrected chi connectivity index (χ1v) is 26.5. The van der Waals surface area contributed by atoms with Gasteiger partial charge in [-0.2, -0.15) is 8.42 Å². The molecule has 0 amide bonds. The number of hydrogen-bond acceptors (Lipinski definition) is 17. The van der Waals surface area contributed by atoms with Crippen molar-refractivity contribution in [2.45, 2.75) is 250 Å². The number of aliphatic hydroxyl groups is 5. The second kappa shape index (κ2) is 28.1. The third-order valence-corrected chi connectivity index (χ3v) is 15.0. The summed E-state index contributed by atoms with van der Waals surface area (Å²) in [7, 11) is 0.942. The third kappa shape index (κ3) is 18.3. The van der Waals surface area contributed by atoms with E-state index in [4.69, 9.17) is 33.0 Å². The molecule has 18 nitrogen and oxygen atoms in total. The maximum absolute atomic E-state index is 14.1. The molecular formula is C49H93NO17S. The Balaban J connectivity index is 0.000000789. The number of aliphatic hydroxyl groups excluding tert-OH is 3. The monoisotopic (exact) mass is 1000 g/mol. The predicted molar refractivity (Wildman–Crippen MR) is 256 cm³/mol. The fourth-order valence-electron chi connectivity index (χ4n) is 10.2. The second-order valence-corrected chi connectivity index (χ2v) is 22.0. The van der Waals surface area contributed by atoms with Crippen LogP contribution in [0.25, 0.3) is 0 Å². The molecule has 19 heteroatoms. The molecule has 3 aliphatic heterocycles. The molecule has 3 heterocycles. The van der Waals surface area contributed by atoms with Gasteiger partial charge in [0, 0.05) is 37.3 Å². The number of hydrogen-bond donors (Lipinski definition) is 6. The Morgan fingerprint density at radius 2 is 1.34 bits per heavy atom. The van der Waals surface area contributed by atoms with Crippen LogP contribution in [0.15, 0.2) is 0 Å². The van der Waals surface area contributed by atoms with Gasteiger partial charge in [0.2, 0.25) is 0 Å². The van der Waals surface area contributed by atoms with E-state index in [-0.39, 0.29) is 38.0 Å². The van der Waals surface area contributed by atoms with Crippen LogP contribution in [-0.2, 0) is 52.6 Å². The number of carbonyl (C=O) groups excluding carboxylic acids is 2. The zero-order chi connectivity index (χ0) is 51.9. The molecule has 6 N–H and O–H groups in total. The highest BCUT2D eigenvalue weighted by molar-refractivity contribution is 7.80. The summed E-state index contributed by atoms with van der Waals surface area (Å²) in [6, 6.07) is -0.324. The fraction of sp³-hybridized carbons (Fsp3) is 0.959. The first-order chi connectivity index (χ1) is 31.5. The maximum atomic E-state index is 14.1. The van der Waals surface area contributed by atoms with Crippen molar-refractivity contribution in [3.8, 4) is 0 Å². The average Bonchev–Trinajstić information content (AvgIpc) is 3.26. The normalized spacial score (nSPS) is 40.3. The van der Waals surface area contributed by atoms with E-state index in [1.807, 2.05) is 25.9 Å². The SMILES string of the molecule is CCC1OC(=O)[C@@H](C)[C@H](O[C@H]2C[C@@](C)(OC)[C@@H](O)[C@H](C)O2)[C@H](C)[C@H](O[C@@H]2O[C@H](C)C[C@H](N(C)C)[C@H]2O)[C@@](C)(O)C[C@H](C)C(=O)C(C)[C@@H](O)[C@]1(C)O.CCCCCCCCCCCCOS(=O)(=O)O. The van der Waals surface area contributed by atoms with Crippen molar-refractivity contribution >= 4 is 22.2 Å². The van der Waals surface area contributed by atoms with E-state index in [1.54, 1.807) is 41.5 Å². The van der Waals surface area contributed by atoms with Crippen molar-refractivity contribution in [1.29, 1.82) is 0 Å². The molecule has 0 aromatic heterocycles. The molecule has 3 fully saturated rings. The minimum absolute atomic E-state index is 0.0926. The van der Waals surface area contributed by atoms with Crippen LogP contribution in [0.1, 0.15) is 166 Å². The van der Waals surface area contributed by atoms with E-state index in [0.29, 0.717) is 12.8 Å². The Morgan fingerprint density at radius 1 is 0.779 bits per heavy atom. The molecule has 402 valence electrons. The summed E-state index contributed by atoms with van der Waals surface area (Å²) in [4.78, 5) is 29.8. The van der Waals surface area contributed by atoms with E-state index >= 15 is 0 Å². The minimum atomic E-state index is -4.23. The number of likely N-dealkylation sites (N-methyl/N-ethyl adjacent to an activating group) is 1. The van der Waals surface area contributed by atoms with Gasteiger partial charge in [0.1, 0.15) is 29.7 Å². The van der Waals surface area contributed by atoms with Gasteiger partial charge in [-0.15, -0.1) is 0 Å². The number of ether oxygens (including phenoxy) is 6. The molecule has 0 aromatic carbocycles. The van der Waals surface area contributed by atoms with Gasteiger partial charge in [-0.05, 0) is 81.3 Å². The summed E-state index contributed by atoms with van der Waals surface area (Å²) in [5, 5.41) is 57.6. The van der Waals surface area contributed by atoms with Crippen LogP contribution < -0.4 is 0 Å². The Hall–Kier alpha value is -1.43. The number of rotatable bonds is 19. The second-order valence-electron chi connectivity index (χ2n) is 20.9. The van der Waals surface area contributed by atoms with E-state index in [2.05, 4.69) is 11.1 Å². The van der Waals surface area contributed by atoms with Gasteiger partial charge in [0.25, 0.3) is 0 Å². The Labute approximate surface area is 408 Å². The molecule has 3 rings (SSSR count). The highest BCUT2D eigenvalue weighted by Gasteiger charge is 2.53. The highest BCUT2D eigenvalue weighted by Crippen LogP contribution is 2.41. The van der Waals surface area contributed by atoms with Crippen molar-refractivity contribution in [1.82, 2.24) is 4.90 Å². The molecule has 0 aromatic rings. The Morgan fingerprint density at radius 3 is 1.85 bits per heavy atom. The zero-order valence-corrected chi connectivity index (χ0v) is 44.6. The topological polar surface area (TPSA) is 258 Å². The summed E-state index contributed by atoms with van der Waals surface area (Å²) in [5.41, 5.74) is -4.84. The molecule has 3 aliphatic rings. The van der Waals surface area contributed by atoms with Crippen LogP contribution in [0.3, 0.4) is 0 Å². The number of cyclic esters (lactones) is 1. The lowest BCUT2D eigenvalue weighted by Crippen LogP contribution is -2.61. The molecule has 68 heavy (non-hydrogen) atoms. The molecule has 18 atom stereocenters. The molecule has 0 saturated carbocycles. The van der Waals surface area contributed by atoms with Gasteiger partial charge in [-0.1, -0.05) is 92.4 Å². The van der Waals surface area contributed by atoms with Gasteiger partial charge in [-0.3, -0.25) is 14.1 Å². The number of Topliss-reactive ketones (excluding diaryl/α,β-unsaturated/α-hetero) is 1. The minimum Gasteiger partial charge on any atom is -0.459 e. The van der Waals surface area contributed by atoms with Gasteiger partial charge in [0.05, 0.1) is 54.2 Å². The first-order valence-electron chi connectivity index (χ1n) is 25.2. The first kappa shape index (κ1) is 62.7. The fourth-order valence-corrected chi connectivity index (χ4v) is 10.5. The van der Waals surface area contributed by atoms with Gasteiger partial charge in [0.15, 0.2) is 12.6 Å². The smallest absolute Gasteiger partial charge is 0.397 e. The number of esters is 1. The average molecular weight is 1000 g/mol. The summed E-state index contributed by atoms with van der Waals surface area (Å²) in [6.07, 6.45) is 2.14. The zero-order valence-electron chi connectivity index (χ0n) is 43.8. The number of carbonyl (C=O) groups is 2. The van der Waals surface area contributed by atoms with Crippen LogP contribution in [0.4, 0.5) is 0 Å². The van der Waals surface area contributed by atoms with E-state index in [0.717, 1.165) is 12.8 Å². The number of methoxy groups -OCH3 is 1. The maximum Gasteiger partial charge on any atom is 0.397 e. The largest absolute Gasteiger partial charge is 0.459 e. The molecule has 0 bridgehead atoms. The van der Waals surface area contributed by atoms with E-state index in [1.165, 1.54) is 72.8 Å². The summed E-state index contributed by atoms with van der Waals surface area (Å²) < 4.78 is 70.0. The summed E-state index contributed by atoms with van der Waals surface area (Å²) >= 11 is 0. The molecular weight excluding hydrogens is 907 g/mol. The van der Waals surface area contributed by atoms with Crippen LogP contribution in [-0.4, -0.2) is 167 Å². The van der Waals surface area contributed by atoms with Crippen LogP contribution in [0.5, 0.6) is 0 Å². The standard InChI is InChI=1S/C37H67NO13.C12H26O4S/c1-14-25-37(10,45)30(41)20(4)27(39)18(2)16-35(8,44)32(51-34-28(40)24(38(11)12)15-19(3)47-34)21(5)29(22(6)33(43)49-25)50-26-17-36(9,46-13)31(42)23(7)48-26;1-2-3-4-5-6-7-8-9-10-11-12-16-17(13,14)15/h18-26,28-32,34,40-42,44-45H,14-17H2,1-13H3;2-12H2,1H3,(H,13,14,15)/t18-,19+,20?,21-,22-,23-,24-,25?,26-,28+,29+,30+,31-,32-,34-,35-,36+,37+;/m0./s1. The third-order valence-electron chi connectivity index (χ3n) is 14.6.